The van der Waals surface area contributed by atoms with Crippen LogP contribution in [0.3, 0.4) is 0 Å². The lowest BCUT2D eigenvalue weighted by molar-refractivity contribution is 0.102. The van der Waals surface area contributed by atoms with Gasteiger partial charge in [0.15, 0.2) is 0 Å². The number of carbonyl (C=O) groups excluding carboxylic acids is 2. The molecule has 0 aliphatic carbocycles. The summed E-state index contributed by atoms with van der Waals surface area (Å²) in [6.07, 6.45) is 1.35. The lowest BCUT2D eigenvalue weighted by atomic mass is 10.2. The second-order valence-corrected chi connectivity index (χ2v) is 6.77. The lowest BCUT2D eigenvalue weighted by Gasteiger charge is -2.12. The molecule has 0 spiro atoms. The molecule has 8 heteroatoms. The fourth-order valence-corrected chi connectivity index (χ4v) is 3.09. The van der Waals surface area contributed by atoms with E-state index in [1.807, 2.05) is 6.07 Å². The highest BCUT2D eigenvalue weighted by Crippen LogP contribution is 2.23. The van der Waals surface area contributed by atoms with Gasteiger partial charge in [-0.15, -0.1) is 0 Å². The Balaban J connectivity index is 1.69. The molecule has 0 aliphatic heterocycles. The van der Waals surface area contributed by atoms with E-state index in [0.717, 1.165) is 0 Å². The first-order valence-corrected chi connectivity index (χ1v) is 9.71. The van der Waals surface area contributed by atoms with E-state index in [1.165, 1.54) is 29.1 Å². The molecule has 0 fully saturated rings. The lowest BCUT2D eigenvalue weighted by Crippen LogP contribution is -2.20. The van der Waals surface area contributed by atoms with Gasteiger partial charge in [0, 0.05) is 5.69 Å². The van der Waals surface area contributed by atoms with Crippen LogP contribution in [0.5, 0.6) is 5.75 Å². The van der Waals surface area contributed by atoms with Gasteiger partial charge in [-0.05, 0) is 48.5 Å². The van der Waals surface area contributed by atoms with E-state index >= 15 is 0 Å². The summed E-state index contributed by atoms with van der Waals surface area (Å²) in [4.78, 5) is 25.8. The molecule has 4 aromatic rings. The van der Waals surface area contributed by atoms with Gasteiger partial charge in [-0.25, -0.2) is 9.07 Å². The van der Waals surface area contributed by atoms with E-state index in [4.69, 9.17) is 4.74 Å². The van der Waals surface area contributed by atoms with Gasteiger partial charge in [-0.3, -0.25) is 9.59 Å². The van der Waals surface area contributed by atoms with Gasteiger partial charge in [-0.2, -0.15) is 5.10 Å². The first-order valence-electron chi connectivity index (χ1n) is 9.71. The number of aromatic nitrogens is 2. The zero-order chi connectivity index (χ0) is 22.5. The quantitative estimate of drug-likeness (QED) is 0.471. The third-order valence-electron chi connectivity index (χ3n) is 4.71. The van der Waals surface area contributed by atoms with Gasteiger partial charge in [0.05, 0.1) is 24.6 Å². The van der Waals surface area contributed by atoms with Crippen molar-refractivity contribution in [2.75, 3.05) is 17.7 Å². The first kappa shape index (κ1) is 20.8. The number of carbonyl (C=O) groups is 2. The number of hydrogen-bond acceptors (Lipinski definition) is 4. The molecule has 7 nitrogen and oxygen atoms in total. The van der Waals surface area contributed by atoms with Crippen LogP contribution in [-0.2, 0) is 0 Å². The summed E-state index contributed by atoms with van der Waals surface area (Å²) in [5.41, 5.74) is 1.14. The normalized spacial score (nSPS) is 10.4. The van der Waals surface area contributed by atoms with Crippen molar-refractivity contribution in [3.05, 3.63) is 102 Å². The van der Waals surface area contributed by atoms with Gasteiger partial charge >= 0.3 is 0 Å². The maximum Gasteiger partial charge on any atom is 0.261 e. The van der Waals surface area contributed by atoms with Crippen molar-refractivity contribution in [2.24, 2.45) is 0 Å². The Morgan fingerprint density at radius 1 is 0.844 bits per heavy atom. The van der Waals surface area contributed by atoms with Crippen LogP contribution in [0.1, 0.15) is 20.7 Å². The summed E-state index contributed by atoms with van der Waals surface area (Å²) in [5.74, 6) is -1.08. The van der Waals surface area contributed by atoms with Crippen LogP contribution in [0.15, 0.2) is 85.1 Å². The molecular formula is C24H19FN4O3. The number of nitrogens with zero attached hydrogens (tertiary/aromatic N) is 2. The number of hydrogen-bond donors (Lipinski definition) is 2. The summed E-state index contributed by atoms with van der Waals surface area (Å²) in [6.45, 7) is 0. The fourth-order valence-electron chi connectivity index (χ4n) is 3.09. The molecule has 0 aliphatic rings. The molecule has 0 atom stereocenters. The van der Waals surface area contributed by atoms with Crippen LogP contribution >= 0.6 is 0 Å². The zero-order valence-electron chi connectivity index (χ0n) is 17.1. The molecule has 160 valence electrons. The average molecular weight is 430 g/mol. The van der Waals surface area contributed by atoms with Crippen molar-refractivity contribution in [3.8, 4) is 11.4 Å². The number of anilines is 2. The van der Waals surface area contributed by atoms with E-state index in [-0.39, 0.29) is 16.9 Å². The maximum atomic E-state index is 14.1. The minimum Gasteiger partial charge on any atom is -0.497 e. The number of amides is 2. The first-order chi connectivity index (χ1) is 15.6. The van der Waals surface area contributed by atoms with Crippen molar-refractivity contribution in [1.82, 2.24) is 9.78 Å². The highest BCUT2D eigenvalue weighted by Gasteiger charge is 2.22. The van der Waals surface area contributed by atoms with E-state index in [1.54, 1.807) is 61.7 Å². The topological polar surface area (TPSA) is 85.2 Å². The van der Waals surface area contributed by atoms with Gasteiger partial charge in [0.1, 0.15) is 22.9 Å². The number of nitrogens with one attached hydrogen (secondary N) is 2. The van der Waals surface area contributed by atoms with E-state index in [0.29, 0.717) is 17.1 Å². The number of methoxy groups -OCH3 is 1. The van der Waals surface area contributed by atoms with Crippen molar-refractivity contribution in [1.29, 1.82) is 0 Å². The van der Waals surface area contributed by atoms with Crippen molar-refractivity contribution >= 4 is 23.3 Å². The van der Waals surface area contributed by atoms with Crippen molar-refractivity contribution in [3.63, 3.8) is 0 Å². The minimum atomic E-state index is -0.695. The predicted molar refractivity (Wildman–Crippen MR) is 119 cm³/mol. The Bertz CT molecular complexity index is 1250. The smallest absolute Gasteiger partial charge is 0.261 e. The van der Waals surface area contributed by atoms with Crippen LogP contribution in [0.4, 0.5) is 15.9 Å². The van der Waals surface area contributed by atoms with Crippen molar-refractivity contribution < 1.29 is 18.7 Å². The van der Waals surface area contributed by atoms with Crippen LogP contribution in [0.2, 0.25) is 0 Å². The molecule has 2 N–H and O–H groups in total. The largest absolute Gasteiger partial charge is 0.497 e. The molecule has 0 saturated heterocycles. The minimum absolute atomic E-state index is 0.120. The molecule has 0 saturated carbocycles. The third kappa shape index (κ3) is 4.34. The molecule has 4 rings (SSSR count). The van der Waals surface area contributed by atoms with Gasteiger partial charge in [-0.1, -0.05) is 30.3 Å². The fraction of sp³-hybridized carbons (Fsp3) is 0.0417. The molecule has 0 unspecified atom stereocenters. The predicted octanol–water partition coefficient (Wildman–Crippen LogP) is 4.52. The van der Waals surface area contributed by atoms with E-state index < -0.39 is 17.6 Å². The van der Waals surface area contributed by atoms with Crippen molar-refractivity contribution in [2.45, 2.75) is 0 Å². The third-order valence-corrected chi connectivity index (χ3v) is 4.71. The van der Waals surface area contributed by atoms with Gasteiger partial charge in [0.25, 0.3) is 11.8 Å². The Hall–Kier alpha value is -4.46. The zero-order valence-corrected chi connectivity index (χ0v) is 17.1. The molecule has 2 amide bonds. The second-order valence-electron chi connectivity index (χ2n) is 6.77. The number of ether oxygens (including phenoxy) is 1. The van der Waals surface area contributed by atoms with Crippen LogP contribution in [0, 0.1) is 5.82 Å². The summed E-state index contributed by atoms with van der Waals surface area (Å²) in [5, 5.41) is 9.68. The summed E-state index contributed by atoms with van der Waals surface area (Å²) >= 11 is 0. The average Bonchev–Trinajstić information content (AvgIpc) is 3.24. The Labute approximate surface area is 183 Å². The molecular weight excluding hydrogens is 411 g/mol. The maximum absolute atomic E-state index is 14.1. The Morgan fingerprint density at radius 3 is 2.19 bits per heavy atom. The summed E-state index contributed by atoms with van der Waals surface area (Å²) in [6, 6.07) is 21.4. The number of halogens is 1. The number of para-hydroxylation sites is 1. The molecule has 0 radical (unpaired) electrons. The Morgan fingerprint density at radius 2 is 1.50 bits per heavy atom. The van der Waals surface area contributed by atoms with Gasteiger partial charge in [0.2, 0.25) is 0 Å². The van der Waals surface area contributed by atoms with Crippen LogP contribution < -0.4 is 15.4 Å². The second kappa shape index (κ2) is 9.13. The number of benzene rings is 3. The summed E-state index contributed by atoms with van der Waals surface area (Å²) in [7, 11) is 1.55. The van der Waals surface area contributed by atoms with E-state index in [2.05, 4.69) is 15.7 Å². The highest BCUT2D eigenvalue weighted by molar-refractivity contribution is 6.12. The van der Waals surface area contributed by atoms with Crippen LogP contribution in [0.25, 0.3) is 5.69 Å². The standard InChI is InChI=1S/C24H19FN4O3/c1-32-18-13-11-16(12-14-18)27-24(31)20-15-26-29(17-7-3-2-4-8-17)22(20)28-23(30)19-9-5-6-10-21(19)25/h2-15H,1H3,(H,27,31)(H,28,30). The molecule has 32 heavy (non-hydrogen) atoms. The molecule has 1 aromatic heterocycles. The van der Waals surface area contributed by atoms with Gasteiger partial charge < -0.3 is 15.4 Å². The molecule has 1 heterocycles. The highest BCUT2D eigenvalue weighted by atomic mass is 19.1. The SMILES string of the molecule is COc1ccc(NC(=O)c2cnn(-c3ccccc3)c2NC(=O)c2ccccc2F)cc1. The molecule has 3 aromatic carbocycles. The van der Waals surface area contributed by atoms with E-state index in [9.17, 15) is 14.0 Å². The molecule has 0 bridgehead atoms. The summed E-state index contributed by atoms with van der Waals surface area (Å²) < 4.78 is 20.7. The monoisotopic (exact) mass is 430 g/mol. The Kier molecular flexibility index (Phi) is 5.94. The van der Waals surface area contributed by atoms with Crippen LogP contribution in [-0.4, -0.2) is 28.7 Å². The number of rotatable bonds is 6.